The standard InChI is InChI=1S/C9H7FN2OS/c10-14-8-7(12-13-9(8)11)6-4-2-1-3-5-6/h1-5H,11H2. The highest BCUT2D eigenvalue weighted by Gasteiger charge is 2.15. The largest absolute Gasteiger partial charge is 0.367 e. The molecule has 5 heteroatoms. The molecule has 2 N–H and O–H groups in total. The zero-order chi connectivity index (χ0) is 9.97. The van der Waals surface area contributed by atoms with Crippen molar-refractivity contribution in [2.45, 2.75) is 4.90 Å². The maximum atomic E-state index is 12.5. The average molecular weight is 210 g/mol. The van der Waals surface area contributed by atoms with Gasteiger partial charge in [0.2, 0.25) is 5.88 Å². The van der Waals surface area contributed by atoms with Crippen molar-refractivity contribution >= 4 is 18.0 Å². The van der Waals surface area contributed by atoms with Crippen LogP contribution in [-0.2, 0) is 0 Å². The Labute approximate surface area is 84.4 Å². The zero-order valence-electron chi connectivity index (χ0n) is 7.11. The van der Waals surface area contributed by atoms with Gasteiger partial charge in [0.25, 0.3) is 0 Å². The Morgan fingerprint density at radius 3 is 2.64 bits per heavy atom. The third-order valence-corrected chi connectivity index (χ3v) is 2.35. The summed E-state index contributed by atoms with van der Waals surface area (Å²) in [6, 6.07) is 9.18. The molecule has 2 aromatic rings. The number of nitrogen functional groups attached to an aromatic ring is 1. The monoisotopic (exact) mass is 210 g/mol. The summed E-state index contributed by atoms with van der Waals surface area (Å²) in [4.78, 5) is 0.233. The molecule has 0 saturated carbocycles. The molecule has 72 valence electrons. The van der Waals surface area contributed by atoms with Crippen LogP contribution < -0.4 is 5.73 Å². The van der Waals surface area contributed by atoms with Gasteiger partial charge in [-0.1, -0.05) is 35.5 Å². The first-order chi connectivity index (χ1) is 6.83. The summed E-state index contributed by atoms with van der Waals surface area (Å²) >= 11 is 0.0423. The van der Waals surface area contributed by atoms with Crippen LogP contribution in [0.5, 0.6) is 0 Å². The van der Waals surface area contributed by atoms with Crippen LogP contribution in [0, 0.1) is 0 Å². The molecule has 0 aliphatic rings. The summed E-state index contributed by atoms with van der Waals surface area (Å²) in [5, 5.41) is 3.70. The SMILES string of the molecule is Nc1onc(-c2ccccc2)c1SF. The fraction of sp³-hybridized carbons (Fsp3) is 0. The topological polar surface area (TPSA) is 52.0 Å². The molecule has 0 bridgehead atoms. The Kier molecular flexibility index (Phi) is 2.41. The van der Waals surface area contributed by atoms with E-state index in [4.69, 9.17) is 10.3 Å². The highest BCUT2D eigenvalue weighted by atomic mass is 32.2. The van der Waals surface area contributed by atoms with Gasteiger partial charge >= 0.3 is 0 Å². The van der Waals surface area contributed by atoms with Crippen molar-refractivity contribution < 1.29 is 8.41 Å². The Morgan fingerprint density at radius 2 is 2.00 bits per heavy atom. The number of nitrogens with two attached hydrogens (primary N) is 1. The molecule has 14 heavy (non-hydrogen) atoms. The Hall–Kier alpha value is -1.49. The minimum absolute atomic E-state index is 0.0105. The van der Waals surface area contributed by atoms with E-state index in [2.05, 4.69) is 5.16 Å². The summed E-state index contributed by atoms with van der Waals surface area (Å²) in [6.45, 7) is 0. The van der Waals surface area contributed by atoms with Crippen molar-refractivity contribution in [2.75, 3.05) is 5.73 Å². The van der Waals surface area contributed by atoms with Crippen molar-refractivity contribution in [2.24, 2.45) is 0 Å². The molecule has 1 aromatic heterocycles. The predicted molar refractivity (Wildman–Crippen MR) is 53.3 cm³/mol. The summed E-state index contributed by atoms with van der Waals surface area (Å²) in [5.74, 6) is 0.0105. The number of hydrogen-bond donors (Lipinski definition) is 1. The molecular weight excluding hydrogens is 203 g/mol. The lowest BCUT2D eigenvalue weighted by molar-refractivity contribution is 0.438. The molecule has 0 atom stereocenters. The van der Waals surface area contributed by atoms with Crippen LogP contribution in [-0.4, -0.2) is 5.16 Å². The number of aromatic nitrogens is 1. The van der Waals surface area contributed by atoms with Gasteiger partial charge in [-0.05, 0) is 0 Å². The van der Waals surface area contributed by atoms with E-state index in [0.717, 1.165) is 5.56 Å². The molecule has 0 spiro atoms. The lowest BCUT2D eigenvalue weighted by Gasteiger charge is -1.95. The number of halogens is 1. The van der Waals surface area contributed by atoms with E-state index in [0.29, 0.717) is 5.69 Å². The highest BCUT2D eigenvalue weighted by Crippen LogP contribution is 2.35. The zero-order valence-corrected chi connectivity index (χ0v) is 7.92. The quantitative estimate of drug-likeness (QED) is 0.828. The van der Waals surface area contributed by atoms with E-state index < -0.39 is 0 Å². The minimum atomic E-state index is 0.0105. The van der Waals surface area contributed by atoms with Gasteiger partial charge in [0.1, 0.15) is 10.6 Å². The van der Waals surface area contributed by atoms with Gasteiger partial charge in [0, 0.05) is 5.56 Å². The van der Waals surface area contributed by atoms with Crippen LogP contribution in [0.3, 0.4) is 0 Å². The lowest BCUT2D eigenvalue weighted by Crippen LogP contribution is -1.82. The van der Waals surface area contributed by atoms with Gasteiger partial charge in [-0.3, -0.25) is 0 Å². The number of benzene rings is 1. The van der Waals surface area contributed by atoms with Crippen molar-refractivity contribution in [3.8, 4) is 11.3 Å². The van der Waals surface area contributed by atoms with Crippen molar-refractivity contribution in [3.63, 3.8) is 0 Å². The first-order valence-electron chi connectivity index (χ1n) is 3.92. The third kappa shape index (κ3) is 1.46. The molecule has 1 aromatic carbocycles. The van der Waals surface area contributed by atoms with Crippen molar-refractivity contribution in [1.29, 1.82) is 0 Å². The van der Waals surface area contributed by atoms with Crippen LogP contribution >= 0.6 is 12.1 Å². The lowest BCUT2D eigenvalue weighted by atomic mass is 10.1. The van der Waals surface area contributed by atoms with Crippen LogP contribution in [0.15, 0.2) is 39.8 Å². The second-order valence-electron chi connectivity index (χ2n) is 2.67. The van der Waals surface area contributed by atoms with Crippen LogP contribution in [0.4, 0.5) is 9.77 Å². The molecule has 2 rings (SSSR count). The van der Waals surface area contributed by atoms with Gasteiger partial charge in [0.15, 0.2) is 0 Å². The van der Waals surface area contributed by atoms with Crippen LogP contribution in [0.25, 0.3) is 11.3 Å². The Balaban J connectivity index is 2.52. The number of anilines is 1. The summed E-state index contributed by atoms with van der Waals surface area (Å²) in [6.07, 6.45) is 0. The Bertz CT molecular complexity index is 430. The summed E-state index contributed by atoms with van der Waals surface area (Å²) in [5.41, 5.74) is 6.62. The number of rotatable bonds is 2. The third-order valence-electron chi connectivity index (χ3n) is 1.80. The van der Waals surface area contributed by atoms with Gasteiger partial charge in [-0.15, -0.1) is 0 Å². The molecule has 0 radical (unpaired) electrons. The van der Waals surface area contributed by atoms with Gasteiger partial charge < -0.3 is 10.3 Å². The van der Waals surface area contributed by atoms with E-state index in [-0.39, 0.29) is 22.9 Å². The molecule has 0 fully saturated rings. The van der Waals surface area contributed by atoms with E-state index in [1.54, 1.807) is 0 Å². The van der Waals surface area contributed by atoms with Crippen molar-refractivity contribution in [3.05, 3.63) is 30.3 Å². The van der Waals surface area contributed by atoms with E-state index >= 15 is 0 Å². The van der Waals surface area contributed by atoms with E-state index in [1.165, 1.54) is 0 Å². The van der Waals surface area contributed by atoms with Gasteiger partial charge in [-0.2, -0.15) is 3.89 Å². The van der Waals surface area contributed by atoms with Crippen molar-refractivity contribution in [1.82, 2.24) is 5.16 Å². The molecule has 0 amide bonds. The summed E-state index contributed by atoms with van der Waals surface area (Å²) < 4.78 is 17.2. The minimum Gasteiger partial charge on any atom is -0.367 e. The second-order valence-corrected chi connectivity index (χ2v) is 3.23. The maximum absolute atomic E-state index is 12.5. The molecule has 0 aliphatic carbocycles. The number of nitrogens with zero attached hydrogens (tertiary/aromatic N) is 1. The fourth-order valence-corrected chi connectivity index (χ4v) is 1.49. The molecular formula is C9H7FN2OS. The number of hydrogen-bond acceptors (Lipinski definition) is 4. The second kappa shape index (κ2) is 3.71. The predicted octanol–water partition coefficient (Wildman–Crippen LogP) is 2.90. The smallest absolute Gasteiger partial charge is 0.239 e. The van der Waals surface area contributed by atoms with Gasteiger partial charge in [-0.25, -0.2) is 0 Å². The maximum Gasteiger partial charge on any atom is 0.239 e. The van der Waals surface area contributed by atoms with Crippen LogP contribution in [0.2, 0.25) is 0 Å². The van der Waals surface area contributed by atoms with Gasteiger partial charge in [0.05, 0.1) is 12.1 Å². The molecule has 3 nitrogen and oxygen atoms in total. The fourth-order valence-electron chi connectivity index (χ4n) is 1.15. The van der Waals surface area contributed by atoms with Crippen LogP contribution in [0.1, 0.15) is 0 Å². The highest BCUT2D eigenvalue weighted by molar-refractivity contribution is 7.94. The molecule has 0 unspecified atom stereocenters. The molecule has 0 aliphatic heterocycles. The summed E-state index contributed by atoms with van der Waals surface area (Å²) in [7, 11) is 0. The average Bonchev–Trinajstić information content (AvgIpc) is 2.61. The first kappa shape index (κ1) is 9.08. The normalized spacial score (nSPS) is 10.4. The Morgan fingerprint density at radius 1 is 1.29 bits per heavy atom. The van der Waals surface area contributed by atoms with E-state index in [9.17, 15) is 3.89 Å². The van der Waals surface area contributed by atoms with E-state index in [1.807, 2.05) is 30.3 Å². The molecule has 0 saturated heterocycles. The molecule has 1 heterocycles. The first-order valence-corrected chi connectivity index (χ1v) is 4.63.